The van der Waals surface area contributed by atoms with Crippen LogP contribution in [-0.4, -0.2) is 58.2 Å². The summed E-state index contributed by atoms with van der Waals surface area (Å²) in [6, 6.07) is 8.61. The van der Waals surface area contributed by atoms with Crippen LogP contribution in [0.25, 0.3) is 5.70 Å². The summed E-state index contributed by atoms with van der Waals surface area (Å²) in [5.74, 6) is 0.167. The highest BCUT2D eigenvalue weighted by atomic mass is 27.0. The number of hydrogen-bond acceptors (Lipinski definition) is 2. The highest BCUT2D eigenvalue weighted by molar-refractivity contribution is 6.32. The van der Waals surface area contributed by atoms with Crippen LogP contribution >= 0.6 is 0 Å². The van der Waals surface area contributed by atoms with E-state index >= 15 is 0 Å². The van der Waals surface area contributed by atoms with Crippen molar-refractivity contribution in [3.8, 4) is 0 Å². The Morgan fingerprint density at radius 2 is 1.61 bits per heavy atom. The Morgan fingerprint density at radius 1 is 1.11 bits per heavy atom. The van der Waals surface area contributed by atoms with Crippen LogP contribution in [0, 0.1) is 0 Å². The molecule has 3 nitrogen and oxygen atoms in total. The molecule has 1 fully saturated rings. The van der Waals surface area contributed by atoms with E-state index in [0.717, 1.165) is 48.2 Å². The van der Waals surface area contributed by atoms with Gasteiger partial charge in [-0.15, -0.1) is 4.43 Å². The number of nitrogens with zero attached hydrogens (tertiary/aromatic N) is 2. The molecule has 2 rings (SSSR count). The van der Waals surface area contributed by atoms with Crippen molar-refractivity contribution in [3.05, 3.63) is 36.4 Å². The first-order valence-corrected chi connectivity index (χ1v) is 7.34. The van der Waals surface area contributed by atoms with Gasteiger partial charge in [-0.3, -0.25) is 4.79 Å². The highest BCUT2D eigenvalue weighted by Crippen LogP contribution is 2.18. The third kappa shape index (κ3) is 2.95. The van der Waals surface area contributed by atoms with E-state index in [1.165, 1.54) is 9.99 Å². The van der Waals surface area contributed by atoms with E-state index in [9.17, 15) is 4.79 Å². The van der Waals surface area contributed by atoms with Crippen molar-refractivity contribution in [3.63, 3.8) is 0 Å². The number of hydrogen-bond donors (Lipinski definition) is 0. The van der Waals surface area contributed by atoms with E-state index in [2.05, 4.69) is 35.7 Å². The lowest BCUT2D eigenvalue weighted by Crippen LogP contribution is -2.47. The van der Waals surface area contributed by atoms with Crippen LogP contribution in [0.3, 0.4) is 0 Å². The summed E-state index contributed by atoms with van der Waals surface area (Å²) < 4.78 is 1.40. The maximum Gasteiger partial charge on any atom is 0.258 e. The van der Waals surface area contributed by atoms with Crippen molar-refractivity contribution < 1.29 is 4.79 Å². The van der Waals surface area contributed by atoms with E-state index in [1.54, 1.807) is 6.92 Å². The van der Waals surface area contributed by atoms with Gasteiger partial charge >= 0.3 is 0 Å². The van der Waals surface area contributed by atoms with Gasteiger partial charge in [0.15, 0.2) is 0 Å². The molecular weight excluding hydrogens is 239 g/mol. The van der Waals surface area contributed by atoms with Crippen molar-refractivity contribution in [2.45, 2.75) is 6.92 Å². The molecule has 1 heterocycles. The van der Waals surface area contributed by atoms with Gasteiger partial charge in [-0.25, -0.2) is 0 Å². The van der Waals surface area contributed by atoms with Crippen molar-refractivity contribution >= 4 is 32.3 Å². The second-order valence-corrected chi connectivity index (χ2v) is 5.96. The monoisotopic (exact) mass is 258 g/mol. The Labute approximate surface area is 116 Å². The highest BCUT2D eigenvalue weighted by Gasteiger charge is 2.19. The molecule has 0 saturated carbocycles. The number of carbonyl (C=O) groups excluding carboxylic acids is 1. The molecule has 0 N–H and O–H groups in total. The largest absolute Gasteiger partial charge is 0.368 e. The average molecular weight is 258 g/mol. The SMILES string of the molecule is C=C(c1cc[c]([AlH2])cc1)N1CCN(C(C)=O)CC1. The minimum Gasteiger partial charge on any atom is -0.368 e. The Balaban J connectivity index is 1.99. The van der Waals surface area contributed by atoms with Crippen LogP contribution in [0.4, 0.5) is 0 Å². The predicted octanol–water partition coefficient (Wildman–Crippen LogP) is 0.0798. The fourth-order valence-corrected chi connectivity index (χ4v) is 2.55. The summed E-state index contributed by atoms with van der Waals surface area (Å²) in [7, 11) is 0. The molecule has 1 aromatic carbocycles. The Hall–Kier alpha value is -1.24. The van der Waals surface area contributed by atoms with E-state index in [4.69, 9.17) is 0 Å². The molecule has 1 aliphatic heterocycles. The van der Waals surface area contributed by atoms with E-state index in [0.29, 0.717) is 0 Å². The summed E-state index contributed by atoms with van der Waals surface area (Å²) in [5.41, 5.74) is 2.26. The average Bonchev–Trinajstić information content (AvgIpc) is 2.39. The first-order chi connectivity index (χ1) is 8.58. The fraction of sp³-hybridized carbons (Fsp3) is 0.357. The number of amides is 1. The summed E-state index contributed by atoms with van der Waals surface area (Å²) in [5, 5.41) is 0. The lowest BCUT2D eigenvalue weighted by Gasteiger charge is -2.36. The molecule has 1 amide bonds. The Kier molecular flexibility index (Phi) is 4.11. The van der Waals surface area contributed by atoms with Gasteiger partial charge < -0.3 is 9.80 Å². The molecule has 0 unspecified atom stereocenters. The van der Waals surface area contributed by atoms with E-state index in [-0.39, 0.29) is 5.91 Å². The van der Waals surface area contributed by atoms with Gasteiger partial charge in [-0.1, -0.05) is 30.8 Å². The first-order valence-electron chi connectivity index (χ1n) is 6.34. The van der Waals surface area contributed by atoms with Crippen LogP contribution in [0.2, 0.25) is 0 Å². The standard InChI is InChI=1S/C14H17N2O.Al.2H/c1-12(14-6-4-3-5-7-14)15-8-10-16(11-9-15)13(2)17;;;/h4-7H,1,8-11H2,2H3;;;. The molecular formula is C14H19AlN2O. The number of rotatable bonds is 2. The molecule has 0 atom stereocenters. The number of carbonyl (C=O) groups is 1. The zero-order valence-corrected chi connectivity index (χ0v) is 13.1. The van der Waals surface area contributed by atoms with Crippen molar-refractivity contribution in [2.24, 2.45) is 0 Å². The molecule has 18 heavy (non-hydrogen) atoms. The molecule has 0 bridgehead atoms. The van der Waals surface area contributed by atoms with Gasteiger partial charge in [0.1, 0.15) is 0 Å². The molecule has 0 spiro atoms. The fourth-order valence-electron chi connectivity index (χ4n) is 2.22. The third-order valence-electron chi connectivity index (χ3n) is 3.49. The summed E-state index contributed by atoms with van der Waals surface area (Å²) in [4.78, 5) is 15.4. The molecule has 0 aliphatic carbocycles. The minimum absolute atomic E-state index is 0.167. The summed E-state index contributed by atoms with van der Waals surface area (Å²) in [6.45, 7) is 9.16. The van der Waals surface area contributed by atoms with Crippen LogP contribution in [0.15, 0.2) is 30.8 Å². The van der Waals surface area contributed by atoms with Gasteiger partial charge in [0.05, 0.1) is 0 Å². The van der Waals surface area contributed by atoms with Gasteiger partial charge in [-0.2, -0.15) is 0 Å². The maximum absolute atomic E-state index is 11.3. The van der Waals surface area contributed by atoms with Crippen molar-refractivity contribution in [1.29, 1.82) is 0 Å². The van der Waals surface area contributed by atoms with Crippen LogP contribution < -0.4 is 4.43 Å². The third-order valence-corrected chi connectivity index (χ3v) is 4.16. The van der Waals surface area contributed by atoms with Gasteiger partial charge in [0.25, 0.3) is 16.3 Å². The lowest BCUT2D eigenvalue weighted by molar-refractivity contribution is -0.130. The molecule has 0 aromatic heterocycles. The van der Waals surface area contributed by atoms with Crippen LogP contribution in [-0.2, 0) is 4.79 Å². The van der Waals surface area contributed by atoms with Crippen molar-refractivity contribution in [1.82, 2.24) is 9.80 Å². The second-order valence-electron chi connectivity index (χ2n) is 4.81. The van der Waals surface area contributed by atoms with Gasteiger partial charge in [-0.05, 0) is 5.56 Å². The van der Waals surface area contributed by atoms with E-state index in [1.807, 2.05) is 4.90 Å². The zero-order chi connectivity index (χ0) is 13.1. The molecule has 94 valence electrons. The molecule has 1 aliphatic rings. The van der Waals surface area contributed by atoms with Crippen LogP contribution in [0.5, 0.6) is 0 Å². The topological polar surface area (TPSA) is 23.6 Å². The van der Waals surface area contributed by atoms with Gasteiger partial charge in [0.2, 0.25) is 5.91 Å². The quantitative estimate of drug-likeness (QED) is 0.701. The maximum atomic E-state index is 11.3. The number of benzene rings is 1. The Bertz CT molecular complexity index is 447. The van der Waals surface area contributed by atoms with Crippen molar-refractivity contribution in [2.75, 3.05) is 26.2 Å². The Morgan fingerprint density at radius 3 is 2.11 bits per heavy atom. The molecule has 4 heteroatoms. The number of piperazine rings is 1. The zero-order valence-electron chi connectivity index (χ0n) is 11.1. The lowest BCUT2D eigenvalue weighted by atomic mass is 10.1. The second kappa shape index (κ2) is 5.60. The minimum atomic E-state index is 0.167. The molecule has 1 aromatic rings. The normalized spacial score (nSPS) is 15.6. The van der Waals surface area contributed by atoms with Gasteiger partial charge in [0, 0.05) is 38.8 Å². The van der Waals surface area contributed by atoms with E-state index < -0.39 is 0 Å². The first kappa shape index (κ1) is 13.2. The summed E-state index contributed by atoms with van der Waals surface area (Å²) in [6.07, 6.45) is 0. The molecule has 0 radical (unpaired) electrons. The summed E-state index contributed by atoms with van der Waals surface area (Å²) >= 11 is 1.08. The smallest absolute Gasteiger partial charge is 0.258 e. The van der Waals surface area contributed by atoms with Crippen LogP contribution in [0.1, 0.15) is 12.5 Å². The molecule has 1 saturated heterocycles. The predicted molar refractivity (Wildman–Crippen MR) is 77.5 cm³/mol.